The molecule has 3 aromatic carbocycles. The van der Waals surface area contributed by atoms with Gasteiger partial charge in [0.2, 0.25) is 5.91 Å². The quantitative estimate of drug-likeness (QED) is 0.326. The number of aromatic nitrogens is 2. The van der Waals surface area contributed by atoms with Crippen molar-refractivity contribution < 1.29 is 19.1 Å². The van der Waals surface area contributed by atoms with Gasteiger partial charge in [-0.2, -0.15) is 5.10 Å². The fourth-order valence-corrected chi connectivity index (χ4v) is 4.16. The molecule has 10 nitrogen and oxygen atoms in total. The summed E-state index contributed by atoms with van der Waals surface area (Å²) in [6, 6.07) is 23.5. The van der Waals surface area contributed by atoms with Crippen LogP contribution in [0.1, 0.15) is 20.7 Å². The fourth-order valence-electron chi connectivity index (χ4n) is 4.16. The number of morpholine rings is 1. The van der Waals surface area contributed by atoms with E-state index in [2.05, 4.69) is 25.9 Å². The van der Waals surface area contributed by atoms with Gasteiger partial charge in [0.15, 0.2) is 0 Å². The number of carbonyl (C=O) groups is 3. The SMILES string of the molecule is O=C(CNC(=O)c1ccccc1)Nc1cnn(-c2cccc(C(=O)Nc3ccc(N4CCOCC4)cc3)c2)c1. The highest BCUT2D eigenvalue weighted by Crippen LogP contribution is 2.20. The maximum absolute atomic E-state index is 12.9. The van der Waals surface area contributed by atoms with Gasteiger partial charge >= 0.3 is 0 Å². The molecule has 0 atom stereocenters. The molecule has 4 aromatic rings. The predicted molar refractivity (Wildman–Crippen MR) is 148 cm³/mol. The summed E-state index contributed by atoms with van der Waals surface area (Å²) in [5.41, 5.74) is 3.86. The Hall–Kier alpha value is -4.96. The maximum Gasteiger partial charge on any atom is 0.255 e. The summed E-state index contributed by atoms with van der Waals surface area (Å²) in [6.07, 6.45) is 3.14. The molecule has 1 saturated heterocycles. The van der Waals surface area contributed by atoms with Gasteiger partial charge in [-0.3, -0.25) is 14.4 Å². The molecule has 0 radical (unpaired) electrons. The van der Waals surface area contributed by atoms with Crippen molar-refractivity contribution in [2.24, 2.45) is 0 Å². The van der Waals surface area contributed by atoms with Crippen LogP contribution in [0.2, 0.25) is 0 Å². The molecule has 198 valence electrons. The third-order valence-corrected chi connectivity index (χ3v) is 6.19. The molecule has 3 amide bonds. The van der Waals surface area contributed by atoms with Gasteiger partial charge in [0, 0.05) is 35.6 Å². The monoisotopic (exact) mass is 524 g/mol. The van der Waals surface area contributed by atoms with Crippen LogP contribution in [0.3, 0.4) is 0 Å². The molecular formula is C29H28N6O4. The first-order chi connectivity index (χ1) is 19.0. The standard InChI is InChI=1S/C29H28N6O4/c36-27(19-30-28(37)21-5-2-1-3-6-21)32-24-18-31-35(20-24)26-8-4-7-22(17-26)29(38)33-23-9-11-25(12-10-23)34-13-15-39-16-14-34/h1-12,17-18,20H,13-16,19H2,(H,30,37)(H,32,36)(H,33,38). The average molecular weight is 525 g/mol. The van der Waals surface area contributed by atoms with Gasteiger partial charge in [-0.15, -0.1) is 0 Å². The topological polar surface area (TPSA) is 118 Å². The molecule has 0 bridgehead atoms. The Labute approximate surface area is 225 Å². The van der Waals surface area contributed by atoms with E-state index in [4.69, 9.17) is 4.74 Å². The summed E-state index contributed by atoms with van der Waals surface area (Å²) in [6.45, 7) is 2.95. The molecule has 5 rings (SSSR count). The summed E-state index contributed by atoms with van der Waals surface area (Å²) in [7, 11) is 0. The Morgan fingerprint density at radius 2 is 1.51 bits per heavy atom. The van der Waals surface area contributed by atoms with Gasteiger partial charge in [-0.25, -0.2) is 4.68 Å². The van der Waals surface area contributed by atoms with Gasteiger partial charge in [0.1, 0.15) is 0 Å². The van der Waals surface area contributed by atoms with Crippen LogP contribution in [-0.4, -0.2) is 60.4 Å². The van der Waals surface area contributed by atoms with Gasteiger partial charge in [-0.1, -0.05) is 24.3 Å². The van der Waals surface area contributed by atoms with E-state index < -0.39 is 0 Å². The van der Waals surface area contributed by atoms with Crippen molar-refractivity contribution >= 4 is 34.8 Å². The summed E-state index contributed by atoms with van der Waals surface area (Å²) in [5, 5.41) is 12.5. The van der Waals surface area contributed by atoms with Crippen LogP contribution in [0.25, 0.3) is 5.69 Å². The van der Waals surface area contributed by atoms with E-state index in [1.54, 1.807) is 53.3 Å². The molecular weight excluding hydrogens is 496 g/mol. The van der Waals surface area contributed by atoms with E-state index in [-0.39, 0.29) is 24.3 Å². The fraction of sp³-hybridized carbons (Fsp3) is 0.172. The van der Waals surface area contributed by atoms with Crippen LogP contribution in [0.5, 0.6) is 0 Å². The highest BCUT2D eigenvalue weighted by Gasteiger charge is 2.13. The van der Waals surface area contributed by atoms with Crippen LogP contribution < -0.4 is 20.9 Å². The van der Waals surface area contributed by atoms with Crippen molar-refractivity contribution in [3.05, 3.63) is 102 Å². The second-order valence-corrected chi connectivity index (χ2v) is 8.92. The van der Waals surface area contributed by atoms with E-state index in [0.29, 0.717) is 41.4 Å². The largest absolute Gasteiger partial charge is 0.378 e. The minimum absolute atomic E-state index is 0.179. The maximum atomic E-state index is 12.9. The molecule has 0 aliphatic carbocycles. The van der Waals surface area contributed by atoms with E-state index in [1.165, 1.54) is 6.20 Å². The lowest BCUT2D eigenvalue weighted by Crippen LogP contribution is -2.36. The number of amides is 3. The van der Waals surface area contributed by atoms with Crippen molar-refractivity contribution in [2.75, 3.05) is 48.4 Å². The van der Waals surface area contributed by atoms with E-state index >= 15 is 0 Å². The molecule has 0 saturated carbocycles. The first kappa shape index (κ1) is 25.7. The minimum Gasteiger partial charge on any atom is -0.378 e. The Bertz CT molecular complexity index is 1450. The lowest BCUT2D eigenvalue weighted by Gasteiger charge is -2.28. The van der Waals surface area contributed by atoms with Crippen LogP contribution in [-0.2, 0) is 9.53 Å². The third kappa shape index (κ3) is 6.68. The third-order valence-electron chi connectivity index (χ3n) is 6.19. The number of anilines is 3. The molecule has 0 unspecified atom stereocenters. The zero-order valence-corrected chi connectivity index (χ0v) is 21.2. The van der Waals surface area contributed by atoms with Gasteiger partial charge in [0.05, 0.1) is 43.5 Å². The molecule has 1 aromatic heterocycles. The van der Waals surface area contributed by atoms with E-state index in [9.17, 15) is 14.4 Å². The zero-order chi connectivity index (χ0) is 27.0. The predicted octanol–water partition coefficient (Wildman–Crippen LogP) is 3.33. The number of benzene rings is 3. The minimum atomic E-state index is -0.383. The van der Waals surface area contributed by atoms with Gasteiger partial charge in [0.25, 0.3) is 11.8 Å². The van der Waals surface area contributed by atoms with Gasteiger partial charge < -0.3 is 25.6 Å². The number of carbonyl (C=O) groups excluding carboxylic acids is 3. The molecule has 3 N–H and O–H groups in total. The Kier molecular flexibility index (Phi) is 7.94. The molecule has 1 aliphatic heterocycles. The summed E-state index contributed by atoms with van der Waals surface area (Å²) in [5.74, 6) is -0.956. The van der Waals surface area contributed by atoms with Crippen LogP contribution in [0.4, 0.5) is 17.1 Å². The number of nitrogens with one attached hydrogen (secondary N) is 3. The molecule has 2 heterocycles. The van der Waals surface area contributed by atoms with Crippen molar-refractivity contribution in [3.8, 4) is 5.69 Å². The lowest BCUT2D eigenvalue weighted by atomic mass is 10.1. The Balaban J connectivity index is 1.16. The normalized spacial score (nSPS) is 13.0. The number of ether oxygens (including phenoxy) is 1. The smallest absolute Gasteiger partial charge is 0.255 e. The number of rotatable bonds is 8. The van der Waals surface area contributed by atoms with Crippen molar-refractivity contribution in [2.45, 2.75) is 0 Å². The molecule has 10 heteroatoms. The molecule has 1 aliphatic rings. The highest BCUT2D eigenvalue weighted by atomic mass is 16.5. The van der Waals surface area contributed by atoms with E-state index in [1.807, 2.05) is 36.4 Å². The number of hydrogen-bond donors (Lipinski definition) is 3. The molecule has 39 heavy (non-hydrogen) atoms. The average Bonchev–Trinajstić information content (AvgIpc) is 3.45. The van der Waals surface area contributed by atoms with Gasteiger partial charge in [-0.05, 0) is 54.6 Å². The summed E-state index contributed by atoms with van der Waals surface area (Å²) < 4.78 is 6.96. The van der Waals surface area contributed by atoms with Crippen LogP contribution in [0.15, 0.2) is 91.3 Å². The highest BCUT2D eigenvalue weighted by molar-refractivity contribution is 6.04. The summed E-state index contributed by atoms with van der Waals surface area (Å²) >= 11 is 0. The van der Waals surface area contributed by atoms with Crippen molar-refractivity contribution in [3.63, 3.8) is 0 Å². The van der Waals surface area contributed by atoms with Crippen molar-refractivity contribution in [1.29, 1.82) is 0 Å². The first-order valence-corrected chi connectivity index (χ1v) is 12.6. The summed E-state index contributed by atoms with van der Waals surface area (Å²) in [4.78, 5) is 39.6. The first-order valence-electron chi connectivity index (χ1n) is 12.6. The van der Waals surface area contributed by atoms with Crippen molar-refractivity contribution in [1.82, 2.24) is 15.1 Å². The number of nitrogens with zero attached hydrogens (tertiary/aromatic N) is 3. The number of hydrogen-bond acceptors (Lipinski definition) is 6. The zero-order valence-electron chi connectivity index (χ0n) is 21.2. The Morgan fingerprint density at radius 3 is 2.28 bits per heavy atom. The van der Waals surface area contributed by atoms with Crippen LogP contribution >= 0.6 is 0 Å². The molecule has 0 spiro atoms. The second-order valence-electron chi connectivity index (χ2n) is 8.92. The molecule has 1 fully saturated rings. The van der Waals surface area contributed by atoms with E-state index in [0.717, 1.165) is 18.8 Å². The second kappa shape index (κ2) is 12.1. The Morgan fingerprint density at radius 1 is 0.769 bits per heavy atom. The lowest BCUT2D eigenvalue weighted by molar-refractivity contribution is -0.115. The van der Waals surface area contributed by atoms with Crippen LogP contribution in [0, 0.1) is 0 Å².